The Bertz CT molecular complexity index is 1980. The van der Waals surface area contributed by atoms with Gasteiger partial charge in [0.25, 0.3) is 0 Å². The normalized spacial score (nSPS) is 16.7. The highest BCUT2D eigenvalue weighted by atomic mass is 127. The first-order chi connectivity index (χ1) is 26.7. The number of ether oxygens (including phenoxy) is 4. The molecule has 316 valence electrons. The van der Waals surface area contributed by atoms with Crippen molar-refractivity contribution in [2.45, 2.75) is 130 Å². The molecule has 1 aliphatic rings. The predicted octanol–water partition coefficient (Wildman–Crippen LogP) is 9.46. The second-order valence-electron chi connectivity index (χ2n) is 18.4. The van der Waals surface area contributed by atoms with E-state index in [2.05, 4.69) is 119 Å². The van der Waals surface area contributed by atoms with Gasteiger partial charge in [-0.05, 0) is 106 Å². The van der Waals surface area contributed by atoms with E-state index in [9.17, 15) is 0 Å². The molecule has 57 heavy (non-hydrogen) atoms. The molecule has 0 bridgehead atoms. The molecule has 1 aliphatic heterocycles. The minimum Gasteiger partial charge on any atom is -0.473 e. The first-order valence-electron chi connectivity index (χ1n) is 20.3. The second kappa shape index (κ2) is 18.8. The third-order valence-electron chi connectivity index (χ3n) is 11.1. The van der Waals surface area contributed by atoms with Crippen LogP contribution in [0.3, 0.4) is 0 Å². The van der Waals surface area contributed by atoms with Gasteiger partial charge in [-0.2, -0.15) is 10.2 Å². The fourth-order valence-corrected chi connectivity index (χ4v) is 9.24. The zero-order valence-corrected chi connectivity index (χ0v) is 40.9. The maximum Gasteiger partial charge on any atom is 0.248 e. The first-order valence-corrected chi connectivity index (χ1v) is 28.0. The average molecular weight is 935 g/mol. The van der Waals surface area contributed by atoms with Gasteiger partial charge in [-0.3, -0.25) is 14.6 Å². The van der Waals surface area contributed by atoms with Gasteiger partial charge < -0.3 is 23.4 Å². The van der Waals surface area contributed by atoms with Crippen molar-refractivity contribution < 1.29 is 23.4 Å². The molecule has 1 saturated heterocycles. The number of fused-ring (bicyclic) bond motifs is 1. The van der Waals surface area contributed by atoms with Gasteiger partial charge in [0.2, 0.25) is 11.8 Å². The van der Waals surface area contributed by atoms with Gasteiger partial charge in [0.1, 0.15) is 6.10 Å². The van der Waals surface area contributed by atoms with Crippen molar-refractivity contribution >= 4 is 56.0 Å². The molecule has 5 heterocycles. The summed E-state index contributed by atoms with van der Waals surface area (Å²) >= 11 is 2.37. The molecule has 1 fully saturated rings. The smallest absolute Gasteiger partial charge is 0.248 e. The van der Waals surface area contributed by atoms with E-state index < -0.39 is 16.4 Å². The van der Waals surface area contributed by atoms with Crippen LogP contribution in [0.15, 0.2) is 18.8 Å². The van der Waals surface area contributed by atoms with Crippen molar-refractivity contribution in [3.8, 4) is 23.0 Å². The highest BCUT2D eigenvalue weighted by molar-refractivity contribution is 14.1. The van der Waals surface area contributed by atoms with Crippen LogP contribution in [-0.2, 0) is 27.5 Å². The molecule has 0 amide bonds. The second-order valence-corrected chi connectivity index (χ2v) is 29.9. The van der Waals surface area contributed by atoms with Crippen molar-refractivity contribution in [1.82, 2.24) is 39.2 Å². The van der Waals surface area contributed by atoms with Gasteiger partial charge in [0, 0.05) is 46.8 Å². The quantitative estimate of drug-likeness (QED) is 0.0390. The monoisotopic (exact) mass is 934 g/mol. The topological polar surface area (TPSA) is 116 Å². The molecule has 0 N–H and O–H groups in total. The Kier molecular flexibility index (Phi) is 15.0. The molecule has 1 unspecified atom stereocenters. The predicted molar refractivity (Wildman–Crippen MR) is 242 cm³/mol. The standard InChI is InChI=1S/C41H67IN8O5Si2/c1-15-32-31-22-33(43-23-34(31)50(45-32)36-18-16-17-19-52-36)37-30(4)44-48(9)40(37)55-29(3)24-47(8)25-35-38(42)39(53-27-51-20-21-56(10,11)12)46-49(35)28(2)26-54-57(13,14)41(5,6)7/h15,22-23,28-29,36H,1,16-21,24-27H2,2-14H3/t28-,29-,36?/m0/s1. The molecule has 4 aromatic heterocycles. The Labute approximate surface area is 356 Å². The first kappa shape index (κ1) is 45.5. The lowest BCUT2D eigenvalue weighted by Gasteiger charge is -2.37. The summed E-state index contributed by atoms with van der Waals surface area (Å²) in [6, 6.07) is 3.16. The average Bonchev–Trinajstić information content (AvgIpc) is 3.75. The Morgan fingerprint density at radius 3 is 2.51 bits per heavy atom. The van der Waals surface area contributed by atoms with E-state index in [-0.39, 0.29) is 30.2 Å². The van der Waals surface area contributed by atoms with Gasteiger partial charge in [-0.25, -0.2) is 9.36 Å². The number of pyridine rings is 1. The van der Waals surface area contributed by atoms with Crippen LogP contribution >= 0.6 is 22.6 Å². The summed E-state index contributed by atoms with van der Waals surface area (Å²) in [5, 5.41) is 15.7. The number of nitrogens with zero attached hydrogens (tertiary/aromatic N) is 8. The van der Waals surface area contributed by atoms with E-state index in [1.807, 2.05) is 24.9 Å². The van der Waals surface area contributed by atoms with Crippen LogP contribution in [0, 0.1) is 10.5 Å². The van der Waals surface area contributed by atoms with E-state index >= 15 is 0 Å². The number of aryl methyl sites for hydroxylation is 2. The SMILES string of the molecule is C=Cc1nn(C2CCCCO2)c2cnc(-c3c(C)nn(C)c3O[C@@H](C)CN(C)Cc3c(I)c(OCOCC[Si](C)(C)C)nn3[C@@H](C)CO[Si](C)(C)C(C)(C)C)cc12. The summed E-state index contributed by atoms with van der Waals surface area (Å²) in [5.74, 6) is 1.26. The van der Waals surface area contributed by atoms with Crippen LogP contribution in [0.1, 0.15) is 83.2 Å². The third-order valence-corrected chi connectivity index (χ3v) is 18.4. The molecule has 0 aliphatic carbocycles. The summed E-state index contributed by atoms with van der Waals surface area (Å²) in [6.07, 6.45) is 6.52. The third kappa shape index (κ3) is 11.2. The lowest BCUT2D eigenvalue weighted by Crippen LogP contribution is -2.42. The largest absolute Gasteiger partial charge is 0.473 e. The minimum atomic E-state index is -1.96. The van der Waals surface area contributed by atoms with Crippen LogP contribution in [-0.4, -0.2) is 102 Å². The van der Waals surface area contributed by atoms with Crippen LogP contribution < -0.4 is 9.47 Å². The highest BCUT2D eigenvalue weighted by Crippen LogP contribution is 2.38. The number of hydrogen-bond acceptors (Lipinski definition) is 10. The van der Waals surface area contributed by atoms with Gasteiger partial charge in [0.05, 0.1) is 56.3 Å². The van der Waals surface area contributed by atoms with Crippen molar-refractivity contribution in [3.63, 3.8) is 0 Å². The zero-order chi connectivity index (χ0) is 41.9. The zero-order valence-electron chi connectivity index (χ0n) is 36.7. The maximum atomic E-state index is 6.73. The molecule has 5 rings (SSSR count). The number of aromatic nitrogens is 7. The van der Waals surface area contributed by atoms with Crippen molar-refractivity contribution in [3.05, 3.63) is 39.5 Å². The number of halogens is 1. The Hall–Kier alpha value is -2.62. The molecule has 16 heteroatoms. The van der Waals surface area contributed by atoms with Crippen LogP contribution in [0.5, 0.6) is 11.8 Å². The maximum absolute atomic E-state index is 6.73. The number of rotatable bonds is 19. The van der Waals surface area contributed by atoms with Crippen molar-refractivity contribution in [2.24, 2.45) is 7.05 Å². The van der Waals surface area contributed by atoms with E-state index in [1.165, 1.54) is 0 Å². The molecule has 0 saturated carbocycles. The lowest BCUT2D eigenvalue weighted by atomic mass is 10.1. The Morgan fingerprint density at radius 2 is 1.86 bits per heavy atom. The highest BCUT2D eigenvalue weighted by Gasteiger charge is 2.38. The van der Waals surface area contributed by atoms with E-state index in [0.717, 1.165) is 74.7 Å². The van der Waals surface area contributed by atoms with Gasteiger partial charge in [-0.1, -0.05) is 47.0 Å². The molecule has 4 aromatic rings. The fraction of sp³-hybridized carbons (Fsp3) is 0.659. The van der Waals surface area contributed by atoms with Gasteiger partial charge >= 0.3 is 0 Å². The number of likely N-dealkylation sites (N-methyl/N-ethyl adjacent to an activating group) is 1. The summed E-state index contributed by atoms with van der Waals surface area (Å²) in [7, 11) is 0.864. The van der Waals surface area contributed by atoms with E-state index in [4.69, 9.17) is 43.7 Å². The molecular weight excluding hydrogens is 868 g/mol. The molecule has 0 spiro atoms. The van der Waals surface area contributed by atoms with Gasteiger partial charge in [-0.15, -0.1) is 5.10 Å². The Morgan fingerprint density at radius 1 is 1.12 bits per heavy atom. The van der Waals surface area contributed by atoms with Crippen LogP contribution in [0.2, 0.25) is 43.8 Å². The van der Waals surface area contributed by atoms with Crippen LogP contribution in [0.25, 0.3) is 28.2 Å². The summed E-state index contributed by atoms with van der Waals surface area (Å²) < 4.78 is 38.4. The molecular formula is C41H67IN8O5Si2. The molecule has 13 nitrogen and oxygen atoms in total. The Balaban J connectivity index is 1.33. The molecule has 0 aromatic carbocycles. The number of hydrogen-bond donors (Lipinski definition) is 0. The van der Waals surface area contributed by atoms with E-state index in [1.54, 1.807) is 10.8 Å². The molecule has 0 radical (unpaired) electrons. The van der Waals surface area contributed by atoms with Gasteiger partial charge in [0.15, 0.2) is 21.3 Å². The van der Waals surface area contributed by atoms with Crippen molar-refractivity contribution in [1.29, 1.82) is 0 Å². The van der Waals surface area contributed by atoms with Crippen molar-refractivity contribution in [2.75, 3.05) is 40.2 Å². The minimum absolute atomic E-state index is 0.00333. The van der Waals surface area contributed by atoms with E-state index in [0.29, 0.717) is 38.1 Å². The lowest BCUT2D eigenvalue weighted by molar-refractivity contribution is -0.0367. The summed E-state index contributed by atoms with van der Waals surface area (Å²) in [5.41, 5.74) is 5.29. The molecule has 3 atom stereocenters. The van der Waals surface area contributed by atoms with Crippen LogP contribution in [0.4, 0.5) is 0 Å². The summed E-state index contributed by atoms with van der Waals surface area (Å²) in [4.78, 5) is 7.20. The fourth-order valence-electron chi connectivity index (χ4n) is 6.71. The summed E-state index contributed by atoms with van der Waals surface area (Å²) in [6.45, 7) is 32.2.